The Morgan fingerprint density at radius 3 is 2.46 bits per heavy atom. The topological polar surface area (TPSA) is 41.9 Å². The fraction of sp³-hybridized carbons (Fsp3) is 1.00. The minimum Gasteiger partial charge on any atom is -0.395 e. The maximum Gasteiger partial charge on any atom is 0.163 e. The van der Waals surface area contributed by atoms with Gasteiger partial charge in [0.2, 0.25) is 0 Å². The fourth-order valence-corrected chi connectivity index (χ4v) is 1.52. The van der Waals surface area contributed by atoms with Crippen LogP contribution in [0.1, 0.15) is 13.8 Å². The zero-order valence-corrected chi connectivity index (χ0v) is 8.78. The van der Waals surface area contributed by atoms with Gasteiger partial charge in [0, 0.05) is 0 Å². The van der Waals surface area contributed by atoms with Gasteiger partial charge in [0.25, 0.3) is 0 Å². The number of hydrogen-bond acceptors (Lipinski definition) is 4. The van der Waals surface area contributed by atoms with Gasteiger partial charge < -0.3 is 19.5 Å². The van der Waals surface area contributed by atoms with Gasteiger partial charge in [-0.1, -0.05) is 0 Å². The van der Waals surface area contributed by atoms with Gasteiger partial charge in [-0.25, -0.2) is 0 Å². The Morgan fingerprint density at radius 1 is 1.54 bits per heavy atom. The van der Waals surface area contributed by atoms with Crippen LogP contribution in [0.5, 0.6) is 0 Å². The average Bonchev–Trinajstić information content (AvgIpc) is 2.31. The second kappa shape index (κ2) is 3.92. The van der Waals surface area contributed by atoms with Crippen molar-refractivity contribution in [2.45, 2.75) is 31.8 Å². The first-order valence-corrected chi connectivity index (χ1v) is 4.55. The Kier molecular flexibility index (Phi) is 3.29. The molecule has 0 bridgehead atoms. The van der Waals surface area contributed by atoms with E-state index in [0.29, 0.717) is 6.61 Å². The van der Waals surface area contributed by atoms with Crippen molar-refractivity contribution in [3.05, 3.63) is 0 Å². The summed E-state index contributed by atoms with van der Waals surface area (Å²) in [6.07, 6.45) is -0.0324. The van der Waals surface area contributed by atoms with Crippen molar-refractivity contribution in [2.75, 3.05) is 27.3 Å². The van der Waals surface area contributed by atoms with Crippen LogP contribution in [-0.2, 0) is 9.47 Å². The monoisotopic (exact) mass is 189 g/mol. The van der Waals surface area contributed by atoms with E-state index in [-0.39, 0.29) is 18.8 Å². The number of aliphatic hydroxyl groups is 1. The van der Waals surface area contributed by atoms with E-state index in [2.05, 4.69) is 0 Å². The van der Waals surface area contributed by atoms with Gasteiger partial charge >= 0.3 is 0 Å². The third-order valence-electron chi connectivity index (χ3n) is 2.31. The average molecular weight is 189 g/mol. The van der Waals surface area contributed by atoms with Crippen molar-refractivity contribution < 1.29 is 14.6 Å². The molecule has 4 heteroatoms. The molecule has 0 aromatic carbocycles. The van der Waals surface area contributed by atoms with E-state index in [1.165, 1.54) is 0 Å². The van der Waals surface area contributed by atoms with E-state index in [1.807, 2.05) is 32.8 Å². The second-order valence-electron chi connectivity index (χ2n) is 4.08. The van der Waals surface area contributed by atoms with Gasteiger partial charge in [-0.3, -0.25) is 0 Å². The zero-order chi connectivity index (χ0) is 10.1. The SMILES string of the molecule is CN(C)[C@@H](CO)[C@@H]1COC(C)(C)O1. The van der Waals surface area contributed by atoms with Gasteiger partial charge in [-0.2, -0.15) is 0 Å². The molecule has 0 saturated carbocycles. The Morgan fingerprint density at radius 2 is 2.15 bits per heavy atom. The molecular formula is C9H19NO3. The van der Waals surface area contributed by atoms with Gasteiger partial charge in [0.1, 0.15) is 6.10 Å². The molecule has 0 aromatic rings. The number of nitrogens with zero attached hydrogens (tertiary/aromatic N) is 1. The van der Waals surface area contributed by atoms with Crippen LogP contribution in [0.15, 0.2) is 0 Å². The molecule has 0 amide bonds. The summed E-state index contributed by atoms with van der Waals surface area (Å²) in [5.74, 6) is -0.506. The Labute approximate surface area is 79.4 Å². The predicted molar refractivity (Wildman–Crippen MR) is 49.5 cm³/mol. The Balaban J connectivity index is 2.53. The largest absolute Gasteiger partial charge is 0.395 e. The molecule has 0 aliphatic carbocycles. The summed E-state index contributed by atoms with van der Waals surface area (Å²) in [6, 6.07) is 0.0155. The molecule has 1 aliphatic heterocycles. The molecule has 0 spiro atoms. The van der Waals surface area contributed by atoms with E-state index >= 15 is 0 Å². The highest BCUT2D eigenvalue weighted by Crippen LogP contribution is 2.25. The number of aliphatic hydroxyl groups excluding tert-OH is 1. The lowest BCUT2D eigenvalue weighted by Gasteiger charge is -2.27. The first-order valence-electron chi connectivity index (χ1n) is 4.55. The Bertz CT molecular complexity index is 170. The van der Waals surface area contributed by atoms with Gasteiger partial charge in [0.15, 0.2) is 5.79 Å². The van der Waals surface area contributed by atoms with Crippen molar-refractivity contribution >= 4 is 0 Å². The number of likely N-dealkylation sites (N-methyl/N-ethyl adjacent to an activating group) is 1. The highest BCUT2D eigenvalue weighted by Gasteiger charge is 2.37. The molecule has 1 N–H and O–H groups in total. The number of rotatable bonds is 3. The van der Waals surface area contributed by atoms with Crippen molar-refractivity contribution in [3.63, 3.8) is 0 Å². The third kappa shape index (κ3) is 2.64. The van der Waals surface area contributed by atoms with Crippen LogP contribution in [0.3, 0.4) is 0 Å². The van der Waals surface area contributed by atoms with Crippen LogP contribution in [-0.4, -0.2) is 55.2 Å². The third-order valence-corrected chi connectivity index (χ3v) is 2.31. The van der Waals surface area contributed by atoms with E-state index in [9.17, 15) is 0 Å². The summed E-state index contributed by atoms with van der Waals surface area (Å²) in [7, 11) is 3.85. The van der Waals surface area contributed by atoms with Gasteiger partial charge in [0.05, 0.1) is 19.3 Å². The number of ether oxygens (including phenoxy) is 2. The van der Waals surface area contributed by atoms with E-state index in [1.54, 1.807) is 0 Å². The molecule has 0 radical (unpaired) electrons. The van der Waals surface area contributed by atoms with Gasteiger partial charge in [-0.05, 0) is 27.9 Å². The minimum atomic E-state index is -0.506. The highest BCUT2D eigenvalue weighted by molar-refractivity contribution is 4.82. The molecular weight excluding hydrogens is 170 g/mol. The summed E-state index contributed by atoms with van der Waals surface area (Å²) in [5.41, 5.74) is 0. The van der Waals surface area contributed by atoms with Crippen molar-refractivity contribution in [1.29, 1.82) is 0 Å². The maximum atomic E-state index is 9.15. The molecule has 1 fully saturated rings. The van der Waals surface area contributed by atoms with E-state index in [4.69, 9.17) is 14.6 Å². The lowest BCUT2D eigenvalue weighted by atomic mass is 10.1. The molecule has 1 rings (SSSR count). The van der Waals surface area contributed by atoms with Crippen LogP contribution in [0.2, 0.25) is 0 Å². The zero-order valence-electron chi connectivity index (χ0n) is 8.78. The lowest BCUT2D eigenvalue weighted by Crippen LogP contribution is -2.43. The van der Waals surface area contributed by atoms with Crippen LogP contribution in [0, 0.1) is 0 Å². The summed E-state index contributed by atoms with van der Waals surface area (Å²) < 4.78 is 11.1. The predicted octanol–water partition coefficient (Wildman–Crippen LogP) is 0.0604. The van der Waals surface area contributed by atoms with Crippen LogP contribution < -0.4 is 0 Å². The standard InChI is InChI=1S/C9H19NO3/c1-9(2)12-6-8(13-9)7(5-11)10(3)4/h7-8,11H,5-6H2,1-4H3/t7-,8-/m0/s1. The molecule has 78 valence electrons. The lowest BCUT2D eigenvalue weighted by molar-refractivity contribution is -0.146. The van der Waals surface area contributed by atoms with E-state index in [0.717, 1.165) is 0 Å². The molecule has 2 atom stereocenters. The van der Waals surface area contributed by atoms with Crippen LogP contribution in [0.4, 0.5) is 0 Å². The molecule has 1 saturated heterocycles. The van der Waals surface area contributed by atoms with Crippen molar-refractivity contribution in [2.24, 2.45) is 0 Å². The second-order valence-corrected chi connectivity index (χ2v) is 4.08. The summed E-state index contributed by atoms with van der Waals surface area (Å²) in [6.45, 7) is 4.42. The minimum absolute atomic E-state index is 0.0155. The highest BCUT2D eigenvalue weighted by atomic mass is 16.7. The molecule has 0 unspecified atom stereocenters. The summed E-state index contributed by atoms with van der Waals surface area (Å²) in [5, 5.41) is 9.15. The first-order chi connectivity index (χ1) is 5.96. The van der Waals surface area contributed by atoms with Crippen molar-refractivity contribution in [3.8, 4) is 0 Å². The molecule has 0 aromatic heterocycles. The van der Waals surface area contributed by atoms with Crippen molar-refractivity contribution in [1.82, 2.24) is 4.90 Å². The summed E-state index contributed by atoms with van der Waals surface area (Å²) >= 11 is 0. The summed E-state index contributed by atoms with van der Waals surface area (Å²) in [4.78, 5) is 1.95. The Hall–Kier alpha value is -0.160. The molecule has 1 aliphatic rings. The van der Waals surface area contributed by atoms with Gasteiger partial charge in [-0.15, -0.1) is 0 Å². The maximum absolute atomic E-state index is 9.15. The van der Waals surface area contributed by atoms with Crippen LogP contribution >= 0.6 is 0 Å². The smallest absolute Gasteiger partial charge is 0.163 e. The quantitative estimate of drug-likeness (QED) is 0.681. The molecule has 4 nitrogen and oxygen atoms in total. The first kappa shape index (κ1) is 10.9. The molecule has 13 heavy (non-hydrogen) atoms. The fourth-order valence-electron chi connectivity index (χ4n) is 1.52. The molecule has 1 heterocycles. The van der Waals surface area contributed by atoms with E-state index < -0.39 is 5.79 Å². The normalized spacial score (nSPS) is 29.5. The number of hydrogen-bond donors (Lipinski definition) is 1. The van der Waals surface area contributed by atoms with Crippen LogP contribution in [0.25, 0.3) is 0 Å².